The lowest BCUT2D eigenvalue weighted by Gasteiger charge is -2.24. The number of aliphatic carboxylic acids is 1. The van der Waals surface area contributed by atoms with E-state index in [1.807, 2.05) is 48.5 Å². The van der Waals surface area contributed by atoms with Crippen molar-refractivity contribution in [2.24, 2.45) is 5.73 Å². The monoisotopic (exact) mass is 419 g/mol. The Bertz CT molecular complexity index is 979. The lowest BCUT2D eigenvalue weighted by molar-refractivity contribution is -0.138. The van der Waals surface area contributed by atoms with E-state index in [4.69, 9.17) is 15.6 Å². The van der Waals surface area contributed by atoms with Gasteiger partial charge in [-0.2, -0.15) is 0 Å². The number of carboxylic acid groups (broad SMARTS) is 1. The quantitative estimate of drug-likeness (QED) is 0.492. The van der Waals surface area contributed by atoms with E-state index >= 15 is 0 Å². The largest absolute Gasteiger partial charge is 0.489 e. The Morgan fingerprint density at radius 3 is 2.65 bits per heavy atom. The first-order valence-electron chi connectivity index (χ1n) is 10.4. The maximum absolute atomic E-state index is 11.2. The van der Waals surface area contributed by atoms with Crippen LogP contribution in [0.25, 0.3) is 0 Å². The molecule has 0 saturated heterocycles. The van der Waals surface area contributed by atoms with Crippen molar-refractivity contribution in [2.45, 2.75) is 39.1 Å². The zero-order chi connectivity index (χ0) is 22.1. The Morgan fingerprint density at radius 2 is 1.90 bits per heavy atom. The second-order valence-electron chi connectivity index (χ2n) is 7.65. The minimum Gasteiger partial charge on any atom is -0.489 e. The van der Waals surface area contributed by atoms with Gasteiger partial charge in [-0.25, -0.2) is 0 Å². The molecule has 1 atom stereocenters. The molecule has 3 N–H and O–H groups in total. The molecular formula is C25H29N3O3. The van der Waals surface area contributed by atoms with E-state index in [1.165, 1.54) is 5.56 Å². The summed E-state index contributed by atoms with van der Waals surface area (Å²) in [6, 6.07) is 21.1. The number of aryl methyl sites for hydroxylation is 1. The average Bonchev–Trinajstić information content (AvgIpc) is 2.77. The molecule has 0 aliphatic heterocycles. The molecule has 6 heteroatoms. The predicted octanol–water partition coefficient (Wildman–Crippen LogP) is 3.77. The fourth-order valence-electron chi connectivity index (χ4n) is 3.36. The molecule has 2 aromatic carbocycles. The number of para-hydroxylation sites is 1. The number of pyridine rings is 1. The van der Waals surface area contributed by atoms with Gasteiger partial charge in [0, 0.05) is 31.4 Å². The zero-order valence-electron chi connectivity index (χ0n) is 17.8. The first-order chi connectivity index (χ1) is 15.0. The maximum atomic E-state index is 11.2. The molecule has 0 radical (unpaired) electrons. The molecular weight excluding hydrogens is 390 g/mol. The van der Waals surface area contributed by atoms with Gasteiger partial charge >= 0.3 is 5.97 Å². The van der Waals surface area contributed by atoms with Gasteiger partial charge in [-0.05, 0) is 37.1 Å². The standard InChI is InChI=1S/C25H29N3O3/c1-19-7-6-8-20(15-19)18-31-24-11-3-2-9-21(24)16-28(14-12-23(26)25(29)30)17-22-10-4-5-13-27-22/h2-11,13,15,23H,12,14,16-18,26H2,1H3,(H,29,30)/t23-/m0/s1. The second-order valence-corrected chi connectivity index (χ2v) is 7.65. The lowest BCUT2D eigenvalue weighted by atomic mass is 10.1. The van der Waals surface area contributed by atoms with Crippen LogP contribution in [0.2, 0.25) is 0 Å². The number of carboxylic acids is 1. The van der Waals surface area contributed by atoms with Crippen LogP contribution >= 0.6 is 0 Å². The van der Waals surface area contributed by atoms with Crippen molar-refractivity contribution < 1.29 is 14.6 Å². The molecule has 3 aromatic rings. The molecule has 162 valence electrons. The van der Waals surface area contributed by atoms with Crippen molar-refractivity contribution in [3.63, 3.8) is 0 Å². The van der Waals surface area contributed by atoms with Gasteiger partial charge in [0.1, 0.15) is 18.4 Å². The van der Waals surface area contributed by atoms with E-state index in [1.54, 1.807) is 6.20 Å². The Kier molecular flexibility index (Phi) is 8.15. The number of hydrogen-bond acceptors (Lipinski definition) is 5. The van der Waals surface area contributed by atoms with Crippen LogP contribution in [-0.4, -0.2) is 33.5 Å². The van der Waals surface area contributed by atoms with Crippen LogP contribution < -0.4 is 10.5 Å². The maximum Gasteiger partial charge on any atom is 0.320 e. The molecule has 1 heterocycles. The van der Waals surface area contributed by atoms with E-state index in [2.05, 4.69) is 35.0 Å². The van der Waals surface area contributed by atoms with E-state index in [0.717, 1.165) is 22.6 Å². The summed E-state index contributed by atoms with van der Waals surface area (Å²) in [6.45, 7) is 4.29. The number of benzene rings is 2. The number of hydrogen-bond donors (Lipinski definition) is 2. The molecule has 31 heavy (non-hydrogen) atoms. The summed E-state index contributed by atoms with van der Waals surface area (Å²) in [6.07, 6.45) is 2.11. The van der Waals surface area contributed by atoms with E-state index in [-0.39, 0.29) is 0 Å². The Balaban J connectivity index is 1.72. The molecule has 1 aromatic heterocycles. The topological polar surface area (TPSA) is 88.7 Å². The molecule has 6 nitrogen and oxygen atoms in total. The minimum absolute atomic E-state index is 0.356. The van der Waals surface area contributed by atoms with Crippen molar-refractivity contribution in [2.75, 3.05) is 6.54 Å². The highest BCUT2D eigenvalue weighted by Crippen LogP contribution is 2.22. The van der Waals surface area contributed by atoms with Crippen LogP contribution in [0.15, 0.2) is 72.9 Å². The summed E-state index contributed by atoms with van der Waals surface area (Å²) in [5, 5.41) is 9.14. The normalized spacial score (nSPS) is 12.0. The van der Waals surface area contributed by atoms with Crippen LogP contribution in [0.1, 0.15) is 28.8 Å². The van der Waals surface area contributed by atoms with Crippen molar-refractivity contribution in [3.8, 4) is 5.75 Å². The van der Waals surface area contributed by atoms with E-state index in [0.29, 0.717) is 32.7 Å². The van der Waals surface area contributed by atoms with Gasteiger partial charge < -0.3 is 15.6 Å². The molecule has 0 bridgehead atoms. The number of nitrogens with zero attached hydrogens (tertiary/aromatic N) is 2. The molecule has 0 aliphatic carbocycles. The highest BCUT2D eigenvalue weighted by Gasteiger charge is 2.16. The van der Waals surface area contributed by atoms with Crippen molar-refractivity contribution in [1.29, 1.82) is 0 Å². The second kappa shape index (κ2) is 11.2. The average molecular weight is 420 g/mol. The minimum atomic E-state index is -0.986. The fraction of sp³-hybridized carbons (Fsp3) is 0.280. The summed E-state index contributed by atoms with van der Waals surface area (Å²) < 4.78 is 6.13. The van der Waals surface area contributed by atoms with Crippen molar-refractivity contribution in [1.82, 2.24) is 9.88 Å². The van der Waals surface area contributed by atoms with Gasteiger partial charge in [0.2, 0.25) is 0 Å². The van der Waals surface area contributed by atoms with Crippen LogP contribution in [0, 0.1) is 6.92 Å². The Hall–Kier alpha value is -3.22. The fourth-order valence-corrected chi connectivity index (χ4v) is 3.36. The molecule has 0 aliphatic rings. The summed E-state index contributed by atoms with van der Waals surface area (Å²) >= 11 is 0. The van der Waals surface area contributed by atoms with Crippen LogP contribution in [-0.2, 0) is 24.5 Å². The molecule has 0 saturated carbocycles. The SMILES string of the molecule is Cc1cccc(COc2ccccc2CN(CC[C@H](N)C(=O)O)Cc2ccccn2)c1. The smallest absolute Gasteiger partial charge is 0.320 e. The first kappa shape index (κ1) is 22.5. The van der Waals surface area contributed by atoms with Gasteiger partial charge in [0.05, 0.1) is 5.69 Å². The number of carbonyl (C=O) groups is 1. The van der Waals surface area contributed by atoms with Crippen LogP contribution in [0.5, 0.6) is 5.75 Å². The van der Waals surface area contributed by atoms with Crippen LogP contribution in [0.3, 0.4) is 0 Å². The molecule has 3 rings (SSSR count). The third-order valence-electron chi connectivity index (χ3n) is 5.03. The summed E-state index contributed by atoms with van der Waals surface area (Å²) in [7, 11) is 0. The number of nitrogens with two attached hydrogens (primary N) is 1. The number of rotatable bonds is 11. The van der Waals surface area contributed by atoms with Gasteiger partial charge in [0.15, 0.2) is 0 Å². The van der Waals surface area contributed by atoms with Gasteiger partial charge in [-0.15, -0.1) is 0 Å². The van der Waals surface area contributed by atoms with Crippen molar-refractivity contribution >= 4 is 5.97 Å². The van der Waals surface area contributed by atoms with E-state index < -0.39 is 12.0 Å². The summed E-state index contributed by atoms with van der Waals surface area (Å²) in [5.41, 5.74) is 10.0. The van der Waals surface area contributed by atoms with Crippen LogP contribution in [0.4, 0.5) is 0 Å². The Labute approximate surface area is 183 Å². The highest BCUT2D eigenvalue weighted by atomic mass is 16.5. The summed E-state index contributed by atoms with van der Waals surface area (Å²) in [4.78, 5) is 17.7. The number of ether oxygens (including phenoxy) is 1. The molecule has 0 spiro atoms. The molecule has 0 unspecified atom stereocenters. The van der Waals surface area contributed by atoms with Gasteiger partial charge in [0.25, 0.3) is 0 Å². The summed E-state index contributed by atoms with van der Waals surface area (Å²) in [5.74, 6) is -0.169. The number of aromatic nitrogens is 1. The molecule has 0 amide bonds. The third kappa shape index (κ3) is 7.20. The zero-order valence-corrected chi connectivity index (χ0v) is 17.8. The third-order valence-corrected chi connectivity index (χ3v) is 5.03. The van der Waals surface area contributed by atoms with E-state index in [9.17, 15) is 4.79 Å². The van der Waals surface area contributed by atoms with Gasteiger partial charge in [-0.3, -0.25) is 14.7 Å². The predicted molar refractivity (Wildman–Crippen MR) is 121 cm³/mol. The first-order valence-corrected chi connectivity index (χ1v) is 10.4. The molecule has 0 fully saturated rings. The highest BCUT2D eigenvalue weighted by molar-refractivity contribution is 5.72. The Morgan fingerprint density at radius 1 is 1.10 bits per heavy atom. The van der Waals surface area contributed by atoms with Crippen molar-refractivity contribution in [3.05, 3.63) is 95.3 Å². The van der Waals surface area contributed by atoms with Gasteiger partial charge in [-0.1, -0.05) is 54.1 Å². The lowest BCUT2D eigenvalue weighted by Crippen LogP contribution is -2.35.